The maximum Gasteiger partial charge on any atom is 0.230 e. The number of aromatic nitrogens is 4. The van der Waals surface area contributed by atoms with Crippen LogP contribution in [-0.4, -0.2) is 38.0 Å². The number of hydrogen-bond acceptors (Lipinski definition) is 5. The first kappa shape index (κ1) is 24.6. The molecule has 2 aromatic carbocycles. The van der Waals surface area contributed by atoms with Gasteiger partial charge in [-0.2, -0.15) is 0 Å². The highest BCUT2D eigenvalue weighted by Crippen LogP contribution is 2.32. The van der Waals surface area contributed by atoms with E-state index in [1.165, 1.54) is 35.0 Å². The summed E-state index contributed by atoms with van der Waals surface area (Å²) in [7, 11) is 0. The van der Waals surface area contributed by atoms with Crippen molar-refractivity contribution in [1.82, 2.24) is 25.1 Å². The monoisotopic (exact) mass is 489 g/mol. The van der Waals surface area contributed by atoms with Crippen LogP contribution in [0.1, 0.15) is 30.5 Å². The average Bonchev–Trinajstić information content (AvgIpc) is 3.32. The van der Waals surface area contributed by atoms with Crippen molar-refractivity contribution in [1.29, 1.82) is 0 Å². The van der Waals surface area contributed by atoms with Gasteiger partial charge in [0.1, 0.15) is 5.82 Å². The number of para-hydroxylation sites is 1. The van der Waals surface area contributed by atoms with Gasteiger partial charge in [-0.3, -0.25) is 14.3 Å². The summed E-state index contributed by atoms with van der Waals surface area (Å²) in [5, 5.41) is 12.5. The molecular formula is C27H28FN5OS. The van der Waals surface area contributed by atoms with E-state index in [-0.39, 0.29) is 17.5 Å². The van der Waals surface area contributed by atoms with Gasteiger partial charge in [0, 0.05) is 24.5 Å². The van der Waals surface area contributed by atoms with Crippen molar-refractivity contribution in [2.75, 3.05) is 12.3 Å². The number of nitrogens with zero attached hydrogens (tertiary/aromatic N) is 4. The number of thioether (sulfide) groups is 1. The minimum absolute atomic E-state index is 0.0888. The summed E-state index contributed by atoms with van der Waals surface area (Å²) in [5.41, 5.74) is 5.30. The summed E-state index contributed by atoms with van der Waals surface area (Å²) in [6.45, 7) is 4.75. The number of benzene rings is 2. The first-order valence-corrected chi connectivity index (χ1v) is 12.7. The number of rotatable bonds is 10. The van der Waals surface area contributed by atoms with Crippen LogP contribution in [0.3, 0.4) is 0 Å². The van der Waals surface area contributed by atoms with Crippen molar-refractivity contribution in [3.63, 3.8) is 0 Å². The lowest BCUT2D eigenvalue weighted by Gasteiger charge is -2.18. The van der Waals surface area contributed by atoms with E-state index >= 15 is 0 Å². The van der Waals surface area contributed by atoms with Gasteiger partial charge < -0.3 is 5.32 Å². The molecule has 2 heterocycles. The summed E-state index contributed by atoms with van der Waals surface area (Å²) in [6.07, 6.45) is 5.87. The molecule has 0 spiro atoms. The molecule has 0 saturated carbocycles. The highest BCUT2D eigenvalue weighted by Gasteiger charge is 2.21. The van der Waals surface area contributed by atoms with Crippen molar-refractivity contribution in [2.24, 2.45) is 0 Å². The molecule has 0 aliphatic heterocycles. The van der Waals surface area contributed by atoms with Gasteiger partial charge in [-0.15, -0.1) is 10.2 Å². The van der Waals surface area contributed by atoms with Crippen LogP contribution in [-0.2, 0) is 24.1 Å². The van der Waals surface area contributed by atoms with E-state index < -0.39 is 0 Å². The molecule has 0 unspecified atom stereocenters. The van der Waals surface area contributed by atoms with Crippen LogP contribution in [0.5, 0.6) is 0 Å². The number of aryl methyl sites for hydroxylation is 2. The minimum atomic E-state index is -0.264. The van der Waals surface area contributed by atoms with Gasteiger partial charge in [-0.25, -0.2) is 4.39 Å². The highest BCUT2D eigenvalue weighted by molar-refractivity contribution is 7.99. The fourth-order valence-corrected chi connectivity index (χ4v) is 4.70. The fraction of sp³-hybridized carbons (Fsp3) is 0.259. The third-order valence-electron chi connectivity index (χ3n) is 5.72. The number of hydrogen-bond donors (Lipinski definition) is 1. The van der Waals surface area contributed by atoms with Crippen molar-refractivity contribution >= 4 is 17.7 Å². The normalized spacial score (nSPS) is 10.9. The number of carbonyl (C=O) groups excluding carboxylic acids is 1. The quantitative estimate of drug-likeness (QED) is 0.316. The molecule has 0 aliphatic rings. The SMILES string of the molecule is CCc1cccc(CC)c1-n1c(SCC(=O)NCCc2ccc(F)cc2)nnc1-c1cccnc1. The zero-order valence-corrected chi connectivity index (χ0v) is 20.7. The van der Waals surface area contributed by atoms with E-state index in [0.717, 1.165) is 29.7 Å². The second-order valence-electron chi connectivity index (χ2n) is 8.03. The molecule has 0 saturated heterocycles. The Labute approximate surface area is 209 Å². The molecule has 180 valence electrons. The van der Waals surface area contributed by atoms with E-state index in [0.29, 0.717) is 23.9 Å². The van der Waals surface area contributed by atoms with Crippen LogP contribution >= 0.6 is 11.8 Å². The molecule has 2 aromatic heterocycles. The number of halogens is 1. The second kappa shape index (κ2) is 11.8. The van der Waals surface area contributed by atoms with E-state index in [9.17, 15) is 9.18 Å². The minimum Gasteiger partial charge on any atom is -0.355 e. The smallest absolute Gasteiger partial charge is 0.230 e. The van der Waals surface area contributed by atoms with E-state index in [1.54, 1.807) is 24.5 Å². The summed E-state index contributed by atoms with van der Waals surface area (Å²) >= 11 is 1.36. The first-order valence-electron chi connectivity index (χ1n) is 11.7. The Bertz CT molecular complexity index is 1250. The zero-order valence-electron chi connectivity index (χ0n) is 19.9. The van der Waals surface area contributed by atoms with Crippen LogP contribution < -0.4 is 5.32 Å². The van der Waals surface area contributed by atoms with Crippen LogP contribution in [0, 0.1) is 5.82 Å². The molecule has 35 heavy (non-hydrogen) atoms. The van der Waals surface area contributed by atoms with Crippen molar-refractivity contribution in [3.05, 3.63) is 89.5 Å². The third kappa shape index (κ3) is 5.95. The lowest BCUT2D eigenvalue weighted by molar-refractivity contribution is -0.118. The highest BCUT2D eigenvalue weighted by atomic mass is 32.2. The van der Waals surface area contributed by atoms with Crippen LogP contribution in [0.15, 0.2) is 72.1 Å². The van der Waals surface area contributed by atoms with Gasteiger partial charge in [0.25, 0.3) is 0 Å². The standard InChI is InChI=1S/C27H28FN5OS/c1-3-20-7-5-8-21(4-2)25(20)33-26(22-9-6-15-29-17-22)31-32-27(33)35-18-24(34)30-16-14-19-10-12-23(28)13-11-19/h5-13,15,17H,3-4,14,16,18H2,1-2H3,(H,30,34). The molecule has 0 aliphatic carbocycles. The predicted molar refractivity (Wildman–Crippen MR) is 137 cm³/mol. The van der Waals surface area contributed by atoms with Gasteiger partial charge >= 0.3 is 0 Å². The van der Waals surface area contributed by atoms with E-state index in [1.807, 2.05) is 12.1 Å². The molecule has 0 radical (unpaired) electrons. The van der Waals surface area contributed by atoms with E-state index in [2.05, 4.69) is 57.1 Å². The van der Waals surface area contributed by atoms with Crippen molar-refractivity contribution in [3.8, 4) is 17.1 Å². The van der Waals surface area contributed by atoms with Gasteiger partial charge in [-0.05, 0) is 60.2 Å². The zero-order chi connectivity index (χ0) is 24.6. The molecule has 4 rings (SSSR count). The Morgan fingerprint density at radius 2 is 1.74 bits per heavy atom. The Kier molecular flexibility index (Phi) is 8.26. The fourth-order valence-electron chi connectivity index (χ4n) is 3.93. The Balaban J connectivity index is 1.55. The topological polar surface area (TPSA) is 72.7 Å². The van der Waals surface area contributed by atoms with Gasteiger partial charge in [0.2, 0.25) is 5.91 Å². The largest absolute Gasteiger partial charge is 0.355 e. The van der Waals surface area contributed by atoms with Crippen LogP contribution in [0.4, 0.5) is 4.39 Å². The molecule has 1 N–H and O–H groups in total. The Morgan fingerprint density at radius 1 is 1.00 bits per heavy atom. The van der Waals surface area contributed by atoms with Crippen LogP contribution in [0.25, 0.3) is 17.1 Å². The van der Waals surface area contributed by atoms with Crippen LogP contribution in [0.2, 0.25) is 0 Å². The molecule has 0 bridgehead atoms. The lowest BCUT2D eigenvalue weighted by atomic mass is 10.0. The second-order valence-corrected chi connectivity index (χ2v) is 8.97. The Morgan fingerprint density at radius 3 is 2.40 bits per heavy atom. The third-order valence-corrected chi connectivity index (χ3v) is 6.65. The molecule has 0 atom stereocenters. The maximum atomic E-state index is 13.1. The lowest BCUT2D eigenvalue weighted by Crippen LogP contribution is -2.27. The first-order chi connectivity index (χ1) is 17.1. The average molecular weight is 490 g/mol. The molecule has 6 nitrogen and oxygen atoms in total. The maximum absolute atomic E-state index is 13.1. The summed E-state index contributed by atoms with van der Waals surface area (Å²) < 4.78 is 15.1. The number of pyridine rings is 1. The number of nitrogens with one attached hydrogen (secondary N) is 1. The molecular weight excluding hydrogens is 461 g/mol. The van der Waals surface area contributed by atoms with Crippen molar-refractivity contribution < 1.29 is 9.18 Å². The summed E-state index contributed by atoms with van der Waals surface area (Å²) in [4.78, 5) is 16.8. The molecule has 8 heteroatoms. The number of carbonyl (C=O) groups is 1. The van der Waals surface area contributed by atoms with Gasteiger partial charge in [0.05, 0.1) is 11.4 Å². The van der Waals surface area contributed by atoms with E-state index in [4.69, 9.17) is 0 Å². The summed E-state index contributed by atoms with van der Waals surface area (Å²) in [5.74, 6) is 0.562. The summed E-state index contributed by atoms with van der Waals surface area (Å²) in [6, 6.07) is 16.5. The van der Waals surface area contributed by atoms with Gasteiger partial charge in [-0.1, -0.05) is 55.9 Å². The molecule has 0 fully saturated rings. The predicted octanol–water partition coefficient (Wildman–Crippen LogP) is 5.04. The molecule has 4 aromatic rings. The van der Waals surface area contributed by atoms with Gasteiger partial charge in [0.15, 0.2) is 11.0 Å². The number of amides is 1. The Hall–Kier alpha value is -3.52. The van der Waals surface area contributed by atoms with Crippen molar-refractivity contribution in [2.45, 2.75) is 38.3 Å². The molecule has 1 amide bonds.